The quantitative estimate of drug-likeness (QED) is 0.374. The predicted molar refractivity (Wildman–Crippen MR) is 152 cm³/mol. The van der Waals surface area contributed by atoms with E-state index < -0.39 is 0 Å². The molecule has 2 aromatic carbocycles. The molecule has 198 valence electrons. The molecule has 0 spiro atoms. The number of aromatic nitrogens is 3. The maximum absolute atomic E-state index is 12.8. The molecular formula is C29H35N7O2. The first-order chi connectivity index (χ1) is 18.5. The van der Waals surface area contributed by atoms with E-state index in [2.05, 4.69) is 61.4 Å². The number of hydrogen-bond acceptors (Lipinski definition) is 7. The summed E-state index contributed by atoms with van der Waals surface area (Å²) in [6, 6.07) is 16.0. The van der Waals surface area contributed by atoms with E-state index in [1.165, 1.54) is 0 Å². The average molecular weight is 514 g/mol. The summed E-state index contributed by atoms with van der Waals surface area (Å²) in [4.78, 5) is 24.4. The van der Waals surface area contributed by atoms with E-state index in [4.69, 9.17) is 4.74 Å². The molecule has 4 aromatic rings. The lowest BCUT2D eigenvalue weighted by Crippen LogP contribution is -2.48. The Bertz CT molecular complexity index is 1420. The molecule has 0 unspecified atom stereocenters. The molecule has 0 radical (unpaired) electrons. The van der Waals surface area contributed by atoms with Gasteiger partial charge in [-0.2, -0.15) is 5.10 Å². The fraction of sp³-hybridized carbons (Fsp3) is 0.345. The standard InChI is InChI=1S/C29H35N7O2/c1-30-29(37)22-10-9-20(18-25(22)36-15-13-35(14-16-36)12-11-34(2)3)21-17-24-27(32-33-28(24)31-19-21)23-7-5-6-8-26(23)38-4/h5-10,17-19H,11-16H2,1-4H3,(H,30,37)(H,31,32,33). The van der Waals surface area contributed by atoms with E-state index in [9.17, 15) is 4.79 Å². The average Bonchev–Trinajstić information content (AvgIpc) is 3.38. The van der Waals surface area contributed by atoms with Crippen LogP contribution in [0.3, 0.4) is 0 Å². The van der Waals surface area contributed by atoms with Crippen LogP contribution >= 0.6 is 0 Å². The molecule has 9 heteroatoms. The molecule has 0 atom stereocenters. The van der Waals surface area contributed by atoms with E-state index in [0.29, 0.717) is 11.2 Å². The zero-order valence-corrected chi connectivity index (χ0v) is 22.5. The predicted octanol–water partition coefficient (Wildman–Crippen LogP) is 3.34. The number of amides is 1. The molecule has 1 amide bonds. The lowest BCUT2D eigenvalue weighted by molar-refractivity contribution is 0.0963. The van der Waals surface area contributed by atoms with E-state index in [1.807, 2.05) is 42.6 Å². The second-order valence-corrected chi connectivity index (χ2v) is 9.84. The second-order valence-electron chi connectivity index (χ2n) is 9.84. The molecule has 1 fully saturated rings. The lowest BCUT2D eigenvalue weighted by atomic mass is 10.00. The highest BCUT2D eigenvalue weighted by Gasteiger charge is 2.22. The number of H-pyrrole nitrogens is 1. The van der Waals surface area contributed by atoms with Crippen LogP contribution in [0.15, 0.2) is 54.7 Å². The van der Waals surface area contributed by atoms with Crippen molar-refractivity contribution in [3.05, 3.63) is 60.3 Å². The van der Waals surface area contributed by atoms with Gasteiger partial charge in [-0.05, 0) is 50.0 Å². The smallest absolute Gasteiger partial charge is 0.253 e. The number of hydrogen-bond donors (Lipinski definition) is 2. The van der Waals surface area contributed by atoms with Crippen LogP contribution in [-0.2, 0) is 0 Å². The SMILES string of the molecule is CNC(=O)c1ccc(-c2cnc3n[nH]c(-c4ccccc4OC)c3c2)cc1N1CCN(CCN(C)C)CC1. The molecular weight excluding hydrogens is 478 g/mol. The molecule has 0 bridgehead atoms. The monoisotopic (exact) mass is 513 g/mol. The summed E-state index contributed by atoms with van der Waals surface area (Å²) in [7, 11) is 7.55. The summed E-state index contributed by atoms with van der Waals surface area (Å²) < 4.78 is 5.58. The highest BCUT2D eigenvalue weighted by molar-refractivity contribution is 6.01. The Morgan fingerprint density at radius 2 is 1.87 bits per heavy atom. The number of ether oxygens (including phenoxy) is 1. The second kappa shape index (κ2) is 11.2. The summed E-state index contributed by atoms with van der Waals surface area (Å²) in [5.41, 5.74) is 6.04. The van der Waals surface area contributed by atoms with E-state index in [-0.39, 0.29) is 5.91 Å². The van der Waals surface area contributed by atoms with Crippen LogP contribution in [0.2, 0.25) is 0 Å². The van der Waals surface area contributed by atoms with Gasteiger partial charge in [0.1, 0.15) is 5.75 Å². The van der Waals surface area contributed by atoms with E-state index >= 15 is 0 Å². The van der Waals surface area contributed by atoms with E-state index in [0.717, 1.165) is 78.5 Å². The van der Waals surface area contributed by atoms with Crippen LogP contribution < -0.4 is 15.0 Å². The van der Waals surface area contributed by atoms with Gasteiger partial charge in [-0.15, -0.1) is 0 Å². The van der Waals surface area contributed by atoms with Gasteiger partial charge in [-0.25, -0.2) is 4.98 Å². The first kappa shape index (κ1) is 25.7. The van der Waals surface area contributed by atoms with Crippen molar-refractivity contribution in [2.45, 2.75) is 0 Å². The minimum absolute atomic E-state index is 0.0801. The Morgan fingerprint density at radius 1 is 1.08 bits per heavy atom. The fourth-order valence-corrected chi connectivity index (χ4v) is 4.97. The molecule has 0 saturated carbocycles. The summed E-state index contributed by atoms with van der Waals surface area (Å²) in [6.45, 7) is 5.77. The van der Waals surface area contributed by atoms with Gasteiger partial charge in [0.2, 0.25) is 0 Å². The van der Waals surface area contributed by atoms with Crippen molar-refractivity contribution in [3.63, 3.8) is 0 Å². The number of rotatable bonds is 8. The molecule has 0 aliphatic carbocycles. The molecule has 9 nitrogen and oxygen atoms in total. The summed E-state index contributed by atoms with van der Waals surface area (Å²) in [5.74, 6) is 0.689. The number of carbonyl (C=O) groups excluding carboxylic acids is 1. The van der Waals surface area contributed by atoms with Crippen molar-refractivity contribution in [3.8, 4) is 28.1 Å². The van der Waals surface area contributed by atoms with Gasteiger partial charge in [0, 0.05) is 69.0 Å². The van der Waals surface area contributed by atoms with E-state index in [1.54, 1.807) is 14.2 Å². The number of benzene rings is 2. The number of para-hydroxylation sites is 1. The van der Waals surface area contributed by atoms with Gasteiger partial charge in [0.05, 0.1) is 24.1 Å². The Kier molecular flexibility index (Phi) is 7.57. The number of carbonyl (C=O) groups is 1. The molecule has 1 aliphatic rings. The van der Waals surface area contributed by atoms with Crippen LogP contribution in [0.4, 0.5) is 5.69 Å². The number of nitrogens with one attached hydrogen (secondary N) is 2. The normalized spacial score (nSPS) is 14.3. The number of piperazine rings is 1. The molecule has 2 aromatic heterocycles. The topological polar surface area (TPSA) is 89.6 Å². The van der Waals surface area contributed by atoms with Crippen molar-refractivity contribution in [2.75, 3.05) is 72.4 Å². The zero-order valence-electron chi connectivity index (χ0n) is 22.5. The first-order valence-electron chi connectivity index (χ1n) is 12.9. The van der Waals surface area contributed by atoms with Gasteiger partial charge in [0.25, 0.3) is 5.91 Å². The Labute approximate surface area is 223 Å². The molecule has 3 heterocycles. The minimum atomic E-state index is -0.0801. The zero-order chi connectivity index (χ0) is 26.6. The lowest BCUT2D eigenvalue weighted by Gasteiger charge is -2.37. The minimum Gasteiger partial charge on any atom is -0.496 e. The number of pyridine rings is 1. The van der Waals surface area contributed by atoms with Gasteiger partial charge in [-0.3, -0.25) is 14.8 Å². The number of methoxy groups -OCH3 is 1. The van der Waals surface area contributed by atoms with Crippen LogP contribution in [0.1, 0.15) is 10.4 Å². The largest absolute Gasteiger partial charge is 0.496 e. The van der Waals surface area contributed by atoms with Crippen LogP contribution in [0.25, 0.3) is 33.4 Å². The van der Waals surface area contributed by atoms with Crippen molar-refractivity contribution in [1.29, 1.82) is 0 Å². The third-order valence-corrected chi connectivity index (χ3v) is 7.17. The molecule has 5 rings (SSSR count). The summed E-state index contributed by atoms with van der Waals surface area (Å²) >= 11 is 0. The van der Waals surface area contributed by atoms with Crippen LogP contribution in [0.5, 0.6) is 5.75 Å². The van der Waals surface area contributed by atoms with Crippen LogP contribution in [0, 0.1) is 0 Å². The molecule has 2 N–H and O–H groups in total. The maximum atomic E-state index is 12.8. The highest BCUT2D eigenvalue weighted by Crippen LogP contribution is 2.35. The fourth-order valence-electron chi connectivity index (χ4n) is 4.97. The number of anilines is 1. The van der Waals surface area contributed by atoms with Crippen molar-refractivity contribution < 1.29 is 9.53 Å². The Balaban J connectivity index is 1.49. The third-order valence-electron chi connectivity index (χ3n) is 7.17. The third kappa shape index (κ3) is 5.20. The maximum Gasteiger partial charge on any atom is 0.253 e. The Hall–Kier alpha value is -3.95. The Morgan fingerprint density at radius 3 is 2.61 bits per heavy atom. The molecule has 1 saturated heterocycles. The van der Waals surface area contributed by atoms with Gasteiger partial charge < -0.3 is 19.9 Å². The number of aromatic amines is 1. The van der Waals surface area contributed by atoms with Crippen molar-refractivity contribution in [1.82, 2.24) is 30.3 Å². The highest BCUT2D eigenvalue weighted by atomic mass is 16.5. The summed E-state index contributed by atoms with van der Waals surface area (Å²) in [5, 5.41) is 11.3. The van der Waals surface area contributed by atoms with Gasteiger partial charge >= 0.3 is 0 Å². The summed E-state index contributed by atoms with van der Waals surface area (Å²) in [6.07, 6.45) is 1.84. The van der Waals surface area contributed by atoms with Crippen LogP contribution in [-0.4, -0.2) is 98.4 Å². The number of fused-ring (bicyclic) bond motifs is 1. The molecule has 1 aliphatic heterocycles. The molecule has 38 heavy (non-hydrogen) atoms. The van der Waals surface area contributed by atoms with Gasteiger partial charge in [-0.1, -0.05) is 18.2 Å². The number of nitrogens with zero attached hydrogens (tertiary/aromatic N) is 5. The van der Waals surface area contributed by atoms with Gasteiger partial charge in [0.15, 0.2) is 5.65 Å². The van der Waals surface area contributed by atoms with Crippen molar-refractivity contribution >= 4 is 22.6 Å². The first-order valence-corrected chi connectivity index (χ1v) is 12.9. The number of likely N-dealkylation sites (N-methyl/N-ethyl adjacent to an activating group) is 1. The van der Waals surface area contributed by atoms with Crippen molar-refractivity contribution in [2.24, 2.45) is 0 Å².